The molecule has 23 heavy (non-hydrogen) atoms. The molecule has 0 radical (unpaired) electrons. The Morgan fingerprint density at radius 3 is 2.30 bits per heavy atom. The lowest BCUT2D eigenvalue weighted by Gasteiger charge is -2.14. The third-order valence-corrected chi connectivity index (χ3v) is 5.22. The summed E-state index contributed by atoms with van der Waals surface area (Å²) >= 11 is 5.91. The fourth-order valence-electron chi connectivity index (χ4n) is 3.33. The van der Waals surface area contributed by atoms with Crippen LogP contribution in [0.15, 0.2) is 47.6 Å². The molecule has 1 N–H and O–H groups in total. The number of benzene rings is 1. The van der Waals surface area contributed by atoms with Crippen molar-refractivity contribution in [2.45, 2.75) is 38.5 Å². The number of amides is 1. The Bertz CT molecular complexity index is 665. The Balaban J connectivity index is 1.52. The highest BCUT2D eigenvalue weighted by Crippen LogP contribution is 2.44. The number of hydrogen-bond acceptors (Lipinski definition) is 1. The molecule has 1 unspecified atom stereocenters. The summed E-state index contributed by atoms with van der Waals surface area (Å²) in [5.74, 6) is 1.61. The molecule has 1 aromatic carbocycles. The quantitative estimate of drug-likeness (QED) is 0.792. The second-order valence-corrected chi connectivity index (χ2v) is 7.51. The van der Waals surface area contributed by atoms with Gasteiger partial charge in [0.25, 0.3) is 0 Å². The van der Waals surface area contributed by atoms with Gasteiger partial charge in [0, 0.05) is 10.7 Å². The van der Waals surface area contributed by atoms with Crippen molar-refractivity contribution in [1.82, 2.24) is 0 Å². The van der Waals surface area contributed by atoms with E-state index in [1.54, 1.807) is 0 Å². The molecule has 1 amide bonds. The SMILES string of the molecule is O=C(Nc1ccc(Cl)cc1)C1CCC(=C/C2CC2)/C1=C\C1CC1. The lowest BCUT2D eigenvalue weighted by Crippen LogP contribution is -2.22. The Morgan fingerprint density at radius 2 is 1.65 bits per heavy atom. The predicted molar refractivity (Wildman–Crippen MR) is 94.4 cm³/mol. The van der Waals surface area contributed by atoms with E-state index in [4.69, 9.17) is 11.6 Å². The van der Waals surface area contributed by atoms with Gasteiger partial charge >= 0.3 is 0 Å². The molecule has 0 heterocycles. The highest BCUT2D eigenvalue weighted by Gasteiger charge is 2.34. The van der Waals surface area contributed by atoms with Crippen LogP contribution in [0, 0.1) is 17.8 Å². The molecule has 2 nitrogen and oxygen atoms in total. The number of anilines is 1. The molecule has 3 aliphatic rings. The summed E-state index contributed by atoms with van der Waals surface area (Å²) in [5, 5.41) is 3.75. The second-order valence-electron chi connectivity index (χ2n) is 7.08. The van der Waals surface area contributed by atoms with E-state index in [0.717, 1.165) is 24.4 Å². The zero-order chi connectivity index (χ0) is 15.8. The van der Waals surface area contributed by atoms with Gasteiger partial charge in [0.1, 0.15) is 0 Å². The van der Waals surface area contributed by atoms with E-state index in [2.05, 4.69) is 17.5 Å². The monoisotopic (exact) mass is 327 g/mol. The van der Waals surface area contributed by atoms with E-state index in [1.165, 1.54) is 36.8 Å². The van der Waals surface area contributed by atoms with Gasteiger partial charge in [-0.05, 0) is 85.8 Å². The first-order chi connectivity index (χ1) is 11.2. The predicted octanol–water partition coefficient (Wildman–Crippen LogP) is 5.36. The molecule has 0 bridgehead atoms. The molecular weight excluding hydrogens is 306 g/mol. The van der Waals surface area contributed by atoms with Gasteiger partial charge in [-0.1, -0.05) is 23.8 Å². The van der Waals surface area contributed by atoms with Gasteiger partial charge in [0.2, 0.25) is 5.91 Å². The first kappa shape index (κ1) is 15.0. The molecule has 0 saturated heterocycles. The molecule has 3 saturated carbocycles. The minimum atomic E-state index is 0.0104. The van der Waals surface area contributed by atoms with Crippen molar-refractivity contribution >= 4 is 23.2 Å². The van der Waals surface area contributed by atoms with Crippen LogP contribution in [0.5, 0.6) is 0 Å². The van der Waals surface area contributed by atoms with Crippen molar-refractivity contribution in [3.8, 4) is 0 Å². The number of allylic oxidation sites excluding steroid dienone is 3. The van der Waals surface area contributed by atoms with E-state index < -0.39 is 0 Å². The van der Waals surface area contributed by atoms with Gasteiger partial charge in [0.15, 0.2) is 0 Å². The van der Waals surface area contributed by atoms with Crippen molar-refractivity contribution < 1.29 is 4.79 Å². The molecule has 120 valence electrons. The summed E-state index contributed by atoms with van der Waals surface area (Å²) in [4.78, 5) is 12.7. The smallest absolute Gasteiger partial charge is 0.231 e. The molecule has 0 aromatic heterocycles. The van der Waals surface area contributed by atoms with Crippen LogP contribution < -0.4 is 5.32 Å². The van der Waals surface area contributed by atoms with Crippen LogP contribution in [0.2, 0.25) is 5.02 Å². The van der Waals surface area contributed by atoms with Crippen LogP contribution in [0.3, 0.4) is 0 Å². The Labute approximate surface area is 142 Å². The Morgan fingerprint density at radius 1 is 1.00 bits per heavy atom. The number of carbonyl (C=O) groups excluding carboxylic acids is 1. The summed E-state index contributed by atoms with van der Waals surface area (Å²) < 4.78 is 0. The Hall–Kier alpha value is -1.54. The van der Waals surface area contributed by atoms with Gasteiger partial charge in [-0.2, -0.15) is 0 Å². The number of halogens is 1. The molecule has 3 heteroatoms. The van der Waals surface area contributed by atoms with Crippen LogP contribution >= 0.6 is 11.6 Å². The maximum atomic E-state index is 12.7. The highest BCUT2D eigenvalue weighted by atomic mass is 35.5. The van der Waals surface area contributed by atoms with Crippen LogP contribution in [0.1, 0.15) is 38.5 Å². The summed E-state index contributed by atoms with van der Waals surface area (Å²) in [6.45, 7) is 0. The molecular formula is C20H22ClNO. The van der Waals surface area contributed by atoms with Gasteiger partial charge in [-0.15, -0.1) is 0 Å². The van der Waals surface area contributed by atoms with Crippen LogP contribution in [0.25, 0.3) is 0 Å². The van der Waals surface area contributed by atoms with Crippen molar-refractivity contribution in [2.75, 3.05) is 5.32 Å². The van der Waals surface area contributed by atoms with Crippen molar-refractivity contribution in [3.63, 3.8) is 0 Å². The molecule has 1 atom stereocenters. The molecule has 1 aromatic rings. The van der Waals surface area contributed by atoms with Crippen molar-refractivity contribution in [1.29, 1.82) is 0 Å². The third-order valence-electron chi connectivity index (χ3n) is 4.97. The van der Waals surface area contributed by atoms with E-state index in [0.29, 0.717) is 10.9 Å². The van der Waals surface area contributed by atoms with Gasteiger partial charge < -0.3 is 5.32 Å². The largest absolute Gasteiger partial charge is 0.326 e. The van der Waals surface area contributed by atoms with E-state index >= 15 is 0 Å². The lowest BCUT2D eigenvalue weighted by atomic mass is 9.97. The van der Waals surface area contributed by atoms with Crippen molar-refractivity contribution in [3.05, 3.63) is 52.6 Å². The van der Waals surface area contributed by atoms with E-state index in [1.807, 2.05) is 24.3 Å². The molecule has 0 spiro atoms. The second kappa shape index (κ2) is 6.16. The molecule has 4 rings (SSSR count). The topological polar surface area (TPSA) is 29.1 Å². The summed E-state index contributed by atoms with van der Waals surface area (Å²) in [6.07, 6.45) is 12.0. The zero-order valence-electron chi connectivity index (χ0n) is 13.2. The van der Waals surface area contributed by atoms with Crippen LogP contribution in [-0.4, -0.2) is 5.91 Å². The third kappa shape index (κ3) is 3.69. The fraction of sp³-hybridized carbons (Fsp3) is 0.450. The zero-order valence-corrected chi connectivity index (χ0v) is 14.0. The summed E-state index contributed by atoms with van der Waals surface area (Å²) in [5.41, 5.74) is 3.58. The first-order valence-corrected chi connectivity index (χ1v) is 9.06. The molecule has 0 aliphatic heterocycles. The number of hydrogen-bond donors (Lipinski definition) is 1. The number of carbonyl (C=O) groups is 1. The normalized spacial score (nSPS) is 27.6. The van der Waals surface area contributed by atoms with Crippen molar-refractivity contribution in [2.24, 2.45) is 17.8 Å². The first-order valence-electron chi connectivity index (χ1n) is 8.68. The minimum absolute atomic E-state index is 0.0104. The number of rotatable bonds is 4. The van der Waals surface area contributed by atoms with Crippen LogP contribution in [-0.2, 0) is 4.79 Å². The standard InChI is InChI=1S/C20H22ClNO/c21-16-6-8-17(9-7-16)22-20(23)18-10-5-15(11-13-1-2-13)19(18)12-14-3-4-14/h6-9,11-14,18H,1-5,10H2,(H,22,23)/b15-11-,19-12+. The summed E-state index contributed by atoms with van der Waals surface area (Å²) in [7, 11) is 0. The lowest BCUT2D eigenvalue weighted by molar-refractivity contribution is -0.118. The Kier molecular flexibility index (Phi) is 4.02. The maximum absolute atomic E-state index is 12.7. The van der Waals surface area contributed by atoms with Gasteiger partial charge in [-0.3, -0.25) is 4.79 Å². The maximum Gasteiger partial charge on any atom is 0.231 e. The average Bonchev–Trinajstić information content (AvgIpc) is 3.43. The molecule has 3 fully saturated rings. The number of nitrogens with one attached hydrogen (secondary N) is 1. The van der Waals surface area contributed by atoms with E-state index in [-0.39, 0.29) is 11.8 Å². The van der Waals surface area contributed by atoms with Crippen LogP contribution in [0.4, 0.5) is 5.69 Å². The minimum Gasteiger partial charge on any atom is -0.326 e. The van der Waals surface area contributed by atoms with Gasteiger partial charge in [-0.25, -0.2) is 0 Å². The van der Waals surface area contributed by atoms with Gasteiger partial charge in [0.05, 0.1) is 5.92 Å². The summed E-state index contributed by atoms with van der Waals surface area (Å²) in [6, 6.07) is 7.34. The highest BCUT2D eigenvalue weighted by molar-refractivity contribution is 6.30. The fourth-order valence-corrected chi connectivity index (χ4v) is 3.45. The average molecular weight is 328 g/mol. The molecule has 3 aliphatic carbocycles. The van der Waals surface area contributed by atoms with E-state index in [9.17, 15) is 4.79 Å².